The van der Waals surface area contributed by atoms with Crippen LogP contribution >= 0.6 is 15.9 Å². The summed E-state index contributed by atoms with van der Waals surface area (Å²) in [6.07, 6.45) is 13.7. The normalized spacial score (nSPS) is 21.0. The van der Waals surface area contributed by atoms with Crippen LogP contribution in [0.5, 0.6) is 0 Å². The molecule has 10 heteroatoms. The van der Waals surface area contributed by atoms with Crippen molar-refractivity contribution < 1.29 is 9.90 Å². The largest absolute Gasteiger partial charge is 0.481 e. The predicted molar refractivity (Wildman–Crippen MR) is 123 cm³/mol. The lowest BCUT2D eigenvalue weighted by molar-refractivity contribution is -0.142. The van der Waals surface area contributed by atoms with Gasteiger partial charge in [0.1, 0.15) is 12.1 Å². The topological polar surface area (TPSA) is 131 Å². The molecular formula is C22H22BrN7O2. The fraction of sp³-hybridized carbons (Fsp3) is 0.318. The molecule has 0 aromatic carbocycles. The zero-order valence-electron chi connectivity index (χ0n) is 17.2. The van der Waals surface area contributed by atoms with Crippen molar-refractivity contribution in [2.45, 2.75) is 31.6 Å². The van der Waals surface area contributed by atoms with Gasteiger partial charge in [0.15, 0.2) is 5.65 Å². The highest BCUT2D eigenvalue weighted by molar-refractivity contribution is 9.10. The summed E-state index contributed by atoms with van der Waals surface area (Å²) >= 11 is 3.61. The third kappa shape index (κ3) is 3.64. The second-order valence-electron chi connectivity index (χ2n) is 8.13. The van der Waals surface area contributed by atoms with E-state index in [9.17, 15) is 9.90 Å². The fourth-order valence-corrected chi connectivity index (χ4v) is 5.02. The summed E-state index contributed by atoms with van der Waals surface area (Å²) in [4.78, 5) is 24.4. The van der Waals surface area contributed by atoms with Crippen LogP contribution in [0.1, 0.15) is 48.4 Å². The van der Waals surface area contributed by atoms with Crippen LogP contribution in [0.15, 0.2) is 41.5 Å². The Labute approximate surface area is 192 Å². The smallest absolute Gasteiger partial charge is 0.306 e. The number of aliphatic carboxylic acids is 1. The first-order chi connectivity index (χ1) is 15.5. The Kier molecular flexibility index (Phi) is 5.38. The fourth-order valence-electron chi connectivity index (χ4n) is 4.44. The van der Waals surface area contributed by atoms with E-state index in [0.717, 1.165) is 45.4 Å². The molecule has 2 aliphatic rings. The SMILES string of the molecule is Nc1c(Br)c([C@H]2CC[C@H](C(=O)O)CC2)nc2c(C3=CC=C(c4cncnc4)NC3)cnn12. The quantitative estimate of drug-likeness (QED) is 0.502. The van der Waals surface area contributed by atoms with Crippen LogP contribution in [0.4, 0.5) is 5.82 Å². The maximum Gasteiger partial charge on any atom is 0.306 e. The second kappa shape index (κ2) is 8.34. The van der Waals surface area contributed by atoms with E-state index in [0.29, 0.717) is 30.9 Å². The van der Waals surface area contributed by atoms with Crippen molar-refractivity contribution in [1.82, 2.24) is 29.9 Å². The number of carboxylic acid groups (broad SMARTS) is 1. The van der Waals surface area contributed by atoms with E-state index in [1.54, 1.807) is 23.1 Å². The van der Waals surface area contributed by atoms with Gasteiger partial charge in [0.05, 0.1) is 22.3 Å². The number of halogens is 1. The van der Waals surface area contributed by atoms with E-state index < -0.39 is 5.97 Å². The summed E-state index contributed by atoms with van der Waals surface area (Å²) < 4.78 is 2.39. The molecular weight excluding hydrogens is 474 g/mol. The van der Waals surface area contributed by atoms with Gasteiger partial charge in [-0.15, -0.1) is 0 Å². The van der Waals surface area contributed by atoms with Crippen molar-refractivity contribution in [3.05, 3.63) is 58.4 Å². The summed E-state index contributed by atoms with van der Waals surface area (Å²) in [7, 11) is 0. The molecule has 0 saturated heterocycles. The Hall–Kier alpha value is -3.27. The van der Waals surface area contributed by atoms with Crippen LogP contribution in [0.3, 0.4) is 0 Å². The molecule has 0 spiro atoms. The molecule has 1 aliphatic carbocycles. The molecule has 164 valence electrons. The Bertz CT molecular complexity index is 1240. The Morgan fingerprint density at radius 1 is 1.16 bits per heavy atom. The molecule has 3 aromatic rings. The second-order valence-corrected chi connectivity index (χ2v) is 8.92. The van der Waals surface area contributed by atoms with E-state index in [4.69, 9.17) is 10.7 Å². The number of nitrogen functional groups attached to an aromatic ring is 1. The number of fused-ring (bicyclic) bond motifs is 1. The van der Waals surface area contributed by atoms with Crippen molar-refractivity contribution in [3.8, 4) is 0 Å². The number of nitrogens with zero attached hydrogens (tertiary/aromatic N) is 5. The van der Waals surface area contributed by atoms with Gasteiger partial charge in [-0.1, -0.05) is 6.08 Å². The molecule has 4 heterocycles. The van der Waals surface area contributed by atoms with Crippen LogP contribution in [0.25, 0.3) is 16.9 Å². The Morgan fingerprint density at radius 2 is 1.91 bits per heavy atom. The average Bonchev–Trinajstić information content (AvgIpc) is 3.26. The summed E-state index contributed by atoms with van der Waals surface area (Å²) in [5, 5.41) is 17.2. The first kappa shape index (κ1) is 20.6. The van der Waals surface area contributed by atoms with Crippen LogP contribution < -0.4 is 11.1 Å². The van der Waals surface area contributed by atoms with Crippen molar-refractivity contribution in [2.24, 2.45) is 5.92 Å². The number of allylic oxidation sites excluding steroid dienone is 2. The highest BCUT2D eigenvalue weighted by atomic mass is 79.9. The standard InChI is InChI=1S/C22H22BrN7O2/c23-18-19(12-1-3-13(4-2-12)22(31)32)29-21-16(10-28-30(21)20(18)24)14-5-6-17(27-9-14)15-7-25-11-26-8-15/h5-8,10-13,27H,1-4,9,24H2,(H,31,32)/t12-,13-. The lowest BCUT2D eigenvalue weighted by Crippen LogP contribution is -2.22. The third-order valence-corrected chi connectivity index (χ3v) is 7.06. The number of anilines is 1. The zero-order chi connectivity index (χ0) is 22.2. The molecule has 32 heavy (non-hydrogen) atoms. The molecule has 4 N–H and O–H groups in total. The van der Waals surface area contributed by atoms with Crippen molar-refractivity contribution in [3.63, 3.8) is 0 Å². The van der Waals surface area contributed by atoms with Gasteiger partial charge in [-0.25, -0.2) is 15.0 Å². The summed E-state index contributed by atoms with van der Waals surface area (Å²) in [6.45, 7) is 0.610. The zero-order valence-corrected chi connectivity index (χ0v) is 18.8. The minimum Gasteiger partial charge on any atom is -0.481 e. The maximum absolute atomic E-state index is 11.3. The molecule has 0 atom stereocenters. The monoisotopic (exact) mass is 495 g/mol. The minimum atomic E-state index is -0.713. The van der Waals surface area contributed by atoms with Gasteiger partial charge in [0.2, 0.25) is 0 Å². The number of nitrogens with one attached hydrogen (secondary N) is 1. The number of dihydropyridines is 1. The van der Waals surface area contributed by atoms with Gasteiger partial charge in [0, 0.05) is 41.7 Å². The number of hydrogen-bond donors (Lipinski definition) is 3. The highest BCUT2D eigenvalue weighted by Crippen LogP contribution is 2.40. The predicted octanol–water partition coefficient (Wildman–Crippen LogP) is 3.25. The molecule has 1 fully saturated rings. The molecule has 5 rings (SSSR count). The average molecular weight is 496 g/mol. The highest BCUT2D eigenvalue weighted by Gasteiger charge is 2.30. The van der Waals surface area contributed by atoms with Crippen LogP contribution in [0.2, 0.25) is 0 Å². The van der Waals surface area contributed by atoms with Gasteiger partial charge < -0.3 is 16.2 Å². The van der Waals surface area contributed by atoms with Gasteiger partial charge in [-0.2, -0.15) is 9.61 Å². The van der Waals surface area contributed by atoms with E-state index in [1.165, 1.54) is 6.33 Å². The first-order valence-electron chi connectivity index (χ1n) is 10.5. The molecule has 0 amide bonds. The van der Waals surface area contributed by atoms with Gasteiger partial charge in [0.25, 0.3) is 0 Å². The van der Waals surface area contributed by atoms with Crippen LogP contribution in [-0.4, -0.2) is 42.2 Å². The van der Waals surface area contributed by atoms with Crippen molar-refractivity contribution >= 4 is 44.6 Å². The number of hydrogen-bond acceptors (Lipinski definition) is 7. The molecule has 1 saturated carbocycles. The van der Waals surface area contributed by atoms with Gasteiger partial charge >= 0.3 is 5.97 Å². The van der Waals surface area contributed by atoms with Gasteiger partial charge in [-0.05, 0) is 53.3 Å². The van der Waals surface area contributed by atoms with E-state index >= 15 is 0 Å². The lowest BCUT2D eigenvalue weighted by Gasteiger charge is -2.26. The first-order valence-corrected chi connectivity index (χ1v) is 11.3. The number of carbonyl (C=O) groups is 1. The number of aromatic nitrogens is 5. The molecule has 3 aromatic heterocycles. The number of carboxylic acids is 1. The summed E-state index contributed by atoms with van der Waals surface area (Å²) in [6, 6.07) is 0. The summed E-state index contributed by atoms with van der Waals surface area (Å²) in [5.41, 5.74) is 11.8. The maximum atomic E-state index is 11.3. The molecule has 1 aliphatic heterocycles. The van der Waals surface area contributed by atoms with E-state index in [-0.39, 0.29) is 11.8 Å². The van der Waals surface area contributed by atoms with E-state index in [2.05, 4.69) is 36.3 Å². The Morgan fingerprint density at radius 3 is 2.56 bits per heavy atom. The number of rotatable bonds is 4. The Balaban J connectivity index is 1.49. The molecule has 0 unspecified atom stereocenters. The van der Waals surface area contributed by atoms with E-state index in [1.807, 2.05) is 12.2 Å². The molecule has 0 radical (unpaired) electrons. The van der Waals surface area contributed by atoms with Crippen molar-refractivity contribution in [1.29, 1.82) is 0 Å². The van der Waals surface area contributed by atoms with Crippen LogP contribution in [-0.2, 0) is 4.79 Å². The third-order valence-electron chi connectivity index (χ3n) is 6.25. The minimum absolute atomic E-state index is 0.165. The lowest BCUT2D eigenvalue weighted by atomic mass is 9.80. The van der Waals surface area contributed by atoms with Gasteiger partial charge in [-0.3, -0.25) is 4.79 Å². The van der Waals surface area contributed by atoms with Crippen LogP contribution in [0, 0.1) is 5.92 Å². The number of nitrogens with two attached hydrogens (primary N) is 1. The summed E-state index contributed by atoms with van der Waals surface area (Å²) in [5.74, 6) is -0.322. The molecule has 9 nitrogen and oxygen atoms in total. The van der Waals surface area contributed by atoms with Crippen molar-refractivity contribution in [2.75, 3.05) is 12.3 Å². The molecule has 0 bridgehead atoms.